The highest BCUT2D eigenvalue weighted by atomic mass is 19.3. The lowest BCUT2D eigenvalue weighted by atomic mass is 9.93. The monoisotopic (exact) mass is 434 g/mol. The Kier molecular flexibility index (Phi) is 7.06. The molecule has 1 saturated heterocycles. The number of alkyl halides is 2. The molecule has 0 spiro atoms. The first-order valence-corrected chi connectivity index (χ1v) is 9.80. The number of carbonyl (C=O) groups is 2. The van der Waals surface area contributed by atoms with Gasteiger partial charge in [0, 0.05) is 0 Å². The molecule has 9 heteroatoms. The number of carbonyl (C=O) groups excluding carboxylic acids is 2. The highest BCUT2D eigenvalue weighted by Gasteiger charge is 2.47. The lowest BCUT2D eigenvalue weighted by Gasteiger charge is -2.22. The second-order valence-corrected chi connectivity index (χ2v) is 7.48. The van der Waals surface area contributed by atoms with Gasteiger partial charge in [-0.15, -0.1) is 0 Å². The second-order valence-electron chi connectivity index (χ2n) is 7.48. The van der Waals surface area contributed by atoms with Crippen molar-refractivity contribution in [2.45, 2.75) is 38.0 Å². The molecule has 1 aliphatic heterocycles. The fraction of sp³-hybridized carbons (Fsp3) is 0.364. The Balaban J connectivity index is 1.53. The SMILES string of the molecule is CC1(CCc2ccc(OC(F)F)cc2)NC(=O)N(CC(O)COc2ccccc2)C1=O. The molecular weight excluding hydrogens is 410 g/mol. The highest BCUT2D eigenvalue weighted by molar-refractivity contribution is 6.06. The summed E-state index contributed by atoms with van der Waals surface area (Å²) in [7, 11) is 0. The third-order valence-corrected chi connectivity index (χ3v) is 4.99. The van der Waals surface area contributed by atoms with Crippen LogP contribution in [0.4, 0.5) is 13.6 Å². The molecule has 0 aromatic heterocycles. The molecule has 31 heavy (non-hydrogen) atoms. The van der Waals surface area contributed by atoms with Crippen molar-refractivity contribution in [1.29, 1.82) is 0 Å². The molecule has 1 fully saturated rings. The van der Waals surface area contributed by atoms with Crippen molar-refractivity contribution in [3.8, 4) is 11.5 Å². The number of halogens is 2. The molecule has 1 heterocycles. The van der Waals surface area contributed by atoms with Gasteiger partial charge in [0.1, 0.15) is 29.7 Å². The summed E-state index contributed by atoms with van der Waals surface area (Å²) >= 11 is 0. The van der Waals surface area contributed by atoms with Crippen molar-refractivity contribution in [3.05, 3.63) is 60.2 Å². The van der Waals surface area contributed by atoms with Crippen LogP contribution in [0, 0.1) is 0 Å². The van der Waals surface area contributed by atoms with Crippen molar-refractivity contribution >= 4 is 11.9 Å². The standard InChI is InChI=1S/C22H24F2N2O5/c1-22(12-11-15-7-9-18(10-8-15)31-20(23)24)19(28)26(21(29)25-22)13-16(27)14-30-17-5-3-2-4-6-17/h2-10,16,20,27H,11-14H2,1H3,(H,25,29). The summed E-state index contributed by atoms with van der Waals surface area (Å²) in [6, 6.07) is 14.4. The minimum Gasteiger partial charge on any atom is -0.491 e. The quantitative estimate of drug-likeness (QED) is 0.562. The number of hydrogen-bond donors (Lipinski definition) is 2. The molecular formula is C22H24F2N2O5. The average molecular weight is 434 g/mol. The molecule has 0 bridgehead atoms. The first kappa shape index (κ1) is 22.5. The summed E-state index contributed by atoms with van der Waals surface area (Å²) in [6.45, 7) is -1.53. The smallest absolute Gasteiger partial charge is 0.387 e. The van der Waals surface area contributed by atoms with Crippen LogP contribution in [-0.4, -0.2) is 53.4 Å². The van der Waals surface area contributed by atoms with Gasteiger partial charge in [0.25, 0.3) is 5.91 Å². The third kappa shape index (κ3) is 5.91. The number of rotatable bonds is 10. The molecule has 1 aliphatic rings. The van der Waals surface area contributed by atoms with Crippen LogP contribution in [0.2, 0.25) is 0 Å². The van der Waals surface area contributed by atoms with Crippen LogP contribution in [0.5, 0.6) is 11.5 Å². The number of aryl methyl sites for hydroxylation is 1. The van der Waals surface area contributed by atoms with E-state index in [9.17, 15) is 23.5 Å². The number of urea groups is 1. The second kappa shape index (κ2) is 9.74. The number of β-amino-alcohol motifs (C(OH)–C–C–N with tert-alkyl or cyclic N) is 1. The van der Waals surface area contributed by atoms with Crippen LogP contribution in [0.1, 0.15) is 18.9 Å². The summed E-state index contributed by atoms with van der Waals surface area (Å²) in [5.41, 5.74) is -0.325. The van der Waals surface area contributed by atoms with E-state index in [0.717, 1.165) is 10.5 Å². The van der Waals surface area contributed by atoms with Gasteiger partial charge >= 0.3 is 12.6 Å². The summed E-state index contributed by atoms with van der Waals surface area (Å²) in [5, 5.41) is 12.9. The van der Waals surface area contributed by atoms with Gasteiger partial charge in [-0.25, -0.2) is 4.79 Å². The maximum absolute atomic E-state index is 12.8. The number of nitrogens with zero attached hydrogens (tertiary/aromatic N) is 1. The zero-order chi connectivity index (χ0) is 22.4. The lowest BCUT2D eigenvalue weighted by Crippen LogP contribution is -2.45. The summed E-state index contributed by atoms with van der Waals surface area (Å²) in [6.07, 6.45) is -0.301. The van der Waals surface area contributed by atoms with Gasteiger partial charge in [-0.05, 0) is 49.6 Å². The first-order chi connectivity index (χ1) is 14.8. The van der Waals surface area contributed by atoms with Gasteiger partial charge in [0.15, 0.2) is 0 Å². The van der Waals surface area contributed by atoms with Gasteiger partial charge in [0.2, 0.25) is 0 Å². The van der Waals surface area contributed by atoms with E-state index in [0.29, 0.717) is 18.6 Å². The van der Waals surface area contributed by atoms with Gasteiger partial charge in [-0.2, -0.15) is 8.78 Å². The Labute approximate surface area is 178 Å². The highest BCUT2D eigenvalue weighted by Crippen LogP contribution is 2.24. The molecule has 0 radical (unpaired) electrons. The molecule has 0 saturated carbocycles. The van der Waals surface area contributed by atoms with Crippen LogP contribution in [0.25, 0.3) is 0 Å². The number of para-hydroxylation sites is 1. The van der Waals surface area contributed by atoms with Crippen molar-refractivity contribution < 1.29 is 33.0 Å². The van der Waals surface area contributed by atoms with E-state index >= 15 is 0 Å². The molecule has 166 valence electrons. The molecule has 0 aliphatic carbocycles. The Morgan fingerprint density at radius 2 is 1.74 bits per heavy atom. The summed E-state index contributed by atoms with van der Waals surface area (Å²) in [5.74, 6) is 0.190. The van der Waals surface area contributed by atoms with Crippen molar-refractivity contribution in [2.24, 2.45) is 0 Å². The number of ether oxygens (including phenoxy) is 2. The van der Waals surface area contributed by atoms with E-state index in [2.05, 4.69) is 10.1 Å². The maximum atomic E-state index is 12.8. The molecule has 2 unspecified atom stereocenters. The third-order valence-electron chi connectivity index (χ3n) is 4.99. The van der Waals surface area contributed by atoms with Gasteiger partial charge in [0.05, 0.1) is 6.54 Å². The first-order valence-electron chi connectivity index (χ1n) is 9.80. The summed E-state index contributed by atoms with van der Waals surface area (Å²) < 4.78 is 34.2. The van der Waals surface area contributed by atoms with E-state index in [4.69, 9.17) is 4.74 Å². The zero-order valence-corrected chi connectivity index (χ0v) is 17.0. The topological polar surface area (TPSA) is 88.1 Å². The molecule has 3 rings (SSSR count). The fourth-order valence-electron chi connectivity index (χ4n) is 3.29. The van der Waals surface area contributed by atoms with E-state index in [1.165, 1.54) is 12.1 Å². The molecule has 2 aromatic rings. The normalized spacial score (nSPS) is 19.5. The number of aliphatic hydroxyl groups is 1. The summed E-state index contributed by atoms with van der Waals surface area (Å²) in [4.78, 5) is 26.1. The Bertz CT molecular complexity index is 895. The molecule has 2 aromatic carbocycles. The number of nitrogens with one attached hydrogen (secondary N) is 1. The Morgan fingerprint density at radius 3 is 2.39 bits per heavy atom. The van der Waals surface area contributed by atoms with Gasteiger partial charge < -0.3 is 19.9 Å². The Morgan fingerprint density at radius 1 is 1.06 bits per heavy atom. The van der Waals surface area contributed by atoms with Crippen LogP contribution in [0.15, 0.2) is 54.6 Å². The largest absolute Gasteiger partial charge is 0.491 e. The van der Waals surface area contributed by atoms with Crippen LogP contribution >= 0.6 is 0 Å². The van der Waals surface area contributed by atoms with E-state index in [-0.39, 0.29) is 18.9 Å². The molecule has 2 atom stereocenters. The van der Waals surface area contributed by atoms with E-state index in [1.54, 1.807) is 43.3 Å². The van der Waals surface area contributed by atoms with Crippen molar-refractivity contribution in [3.63, 3.8) is 0 Å². The number of aliphatic hydroxyl groups excluding tert-OH is 1. The van der Waals surface area contributed by atoms with Gasteiger partial charge in [-0.3, -0.25) is 9.69 Å². The van der Waals surface area contributed by atoms with Crippen molar-refractivity contribution in [1.82, 2.24) is 10.2 Å². The number of imide groups is 1. The molecule has 7 nitrogen and oxygen atoms in total. The van der Waals surface area contributed by atoms with Crippen LogP contribution in [-0.2, 0) is 11.2 Å². The fourth-order valence-corrected chi connectivity index (χ4v) is 3.29. The number of benzene rings is 2. The average Bonchev–Trinajstić information content (AvgIpc) is 2.95. The number of amides is 3. The van der Waals surface area contributed by atoms with E-state index < -0.39 is 30.2 Å². The predicted molar refractivity (Wildman–Crippen MR) is 108 cm³/mol. The van der Waals surface area contributed by atoms with Crippen LogP contribution < -0.4 is 14.8 Å². The number of hydrogen-bond acceptors (Lipinski definition) is 5. The predicted octanol–water partition coefficient (Wildman–Crippen LogP) is 2.97. The van der Waals surface area contributed by atoms with Gasteiger partial charge in [-0.1, -0.05) is 30.3 Å². The zero-order valence-electron chi connectivity index (χ0n) is 17.0. The maximum Gasteiger partial charge on any atom is 0.387 e. The Hall–Kier alpha value is -3.20. The minimum absolute atomic E-state index is 0.0492. The molecule has 2 N–H and O–H groups in total. The van der Waals surface area contributed by atoms with Crippen molar-refractivity contribution in [2.75, 3.05) is 13.2 Å². The molecule has 3 amide bonds. The minimum atomic E-state index is -2.89. The van der Waals surface area contributed by atoms with Crippen LogP contribution in [0.3, 0.4) is 0 Å². The van der Waals surface area contributed by atoms with E-state index in [1.807, 2.05) is 6.07 Å². The lowest BCUT2D eigenvalue weighted by molar-refractivity contribution is -0.132.